The molecule has 2 heterocycles. The Hall–Kier alpha value is -2.54. The lowest BCUT2D eigenvalue weighted by atomic mass is 10.2. The van der Waals surface area contributed by atoms with Gasteiger partial charge >= 0.3 is 0 Å². The summed E-state index contributed by atoms with van der Waals surface area (Å²) in [6.07, 6.45) is 0. The van der Waals surface area contributed by atoms with Crippen LogP contribution >= 0.6 is 11.3 Å². The fourth-order valence-corrected chi connectivity index (χ4v) is 2.55. The van der Waals surface area contributed by atoms with Crippen molar-refractivity contribution in [1.29, 1.82) is 5.41 Å². The van der Waals surface area contributed by atoms with Crippen LogP contribution in [0.4, 0.5) is 4.39 Å². The van der Waals surface area contributed by atoms with Crippen molar-refractivity contribution in [3.05, 3.63) is 58.3 Å². The third kappa shape index (κ3) is 2.68. The zero-order valence-corrected chi connectivity index (χ0v) is 11.8. The van der Waals surface area contributed by atoms with Gasteiger partial charge in [-0.3, -0.25) is 10.1 Å². The first-order valence-electron chi connectivity index (χ1n) is 6.19. The Bertz CT molecular complexity index is 779. The van der Waals surface area contributed by atoms with Crippen LogP contribution in [0.3, 0.4) is 0 Å². The maximum Gasteiger partial charge on any atom is 0.143 e. The number of hydrogen-bond acceptors (Lipinski definition) is 4. The number of nitrogen functional groups attached to an aromatic ring is 1. The number of nitrogens with one attached hydrogen (secondary N) is 1. The number of aromatic nitrogens is 3. The van der Waals surface area contributed by atoms with Gasteiger partial charge in [0, 0.05) is 10.9 Å². The molecule has 1 aromatic carbocycles. The zero-order valence-electron chi connectivity index (χ0n) is 11.0. The van der Waals surface area contributed by atoms with Crippen LogP contribution in [-0.4, -0.2) is 20.6 Å². The summed E-state index contributed by atoms with van der Waals surface area (Å²) in [6, 6.07) is 8.22. The van der Waals surface area contributed by atoms with Crippen LogP contribution in [0.15, 0.2) is 41.2 Å². The summed E-state index contributed by atoms with van der Waals surface area (Å²) in [4.78, 5) is 4.24. The number of amidine groups is 1. The Labute approximate surface area is 124 Å². The van der Waals surface area contributed by atoms with Crippen molar-refractivity contribution in [3.63, 3.8) is 0 Å². The van der Waals surface area contributed by atoms with E-state index in [0.717, 1.165) is 5.69 Å². The van der Waals surface area contributed by atoms with Crippen LogP contribution in [0, 0.1) is 11.2 Å². The lowest BCUT2D eigenvalue weighted by Gasteiger charge is -2.06. The molecule has 106 valence electrons. The van der Waals surface area contributed by atoms with Gasteiger partial charge in [0.2, 0.25) is 0 Å². The lowest BCUT2D eigenvalue weighted by molar-refractivity contribution is 0.586. The Balaban J connectivity index is 2.05. The van der Waals surface area contributed by atoms with Crippen LogP contribution in [0.1, 0.15) is 11.3 Å². The maximum absolute atomic E-state index is 13.8. The van der Waals surface area contributed by atoms with Gasteiger partial charge in [-0.15, -0.1) is 11.3 Å². The second-order valence-electron chi connectivity index (χ2n) is 4.45. The highest BCUT2D eigenvalue weighted by Crippen LogP contribution is 2.22. The summed E-state index contributed by atoms with van der Waals surface area (Å²) >= 11 is 1.46. The molecular formula is C14H12FN5S. The van der Waals surface area contributed by atoms with E-state index < -0.39 is 0 Å². The molecule has 21 heavy (non-hydrogen) atoms. The molecule has 0 bridgehead atoms. The van der Waals surface area contributed by atoms with Gasteiger partial charge in [0.1, 0.15) is 17.3 Å². The molecule has 5 nitrogen and oxygen atoms in total. The average Bonchev–Trinajstić information content (AvgIpc) is 3.10. The number of thiazole rings is 1. The molecule has 2 aromatic heterocycles. The zero-order chi connectivity index (χ0) is 14.8. The fraction of sp³-hybridized carbons (Fsp3) is 0.0714. The van der Waals surface area contributed by atoms with Crippen molar-refractivity contribution in [3.8, 4) is 11.4 Å². The summed E-state index contributed by atoms with van der Waals surface area (Å²) in [5, 5.41) is 13.6. The molecule has 0 unspecified atom stereocenters. The van der Waals surface area contributed by atoms with E-state index in [1.54, 1.807) is 34.5 Å². The van der Waals surface area contributed by atoms with Gasteiger partial charge in [-0.05, 0) is 12.1 Å². The van der Waals surface area contributed by atoms with Crippen molar-refractivity contribution in [1.82, 2.24) is 14.8 Å². The quantitative estimate of drug-likeness (QED) is 0.574. The minimum atomic E-state index is -0.290. The van der Waals surface area contributed by atoms with Crippen molar-refractivity contribution in [2.45, 2.75) is 6.54 Å². The lowest BCUT2D eigenvalue weighted by Crippen LogP contribution is -2.13. The van der Waals surface area contributed by atoms with Crippen molar-refractivity contribution >= 4 is 17.2 Å². The van der Waals surface area contributed by atoms with Gasteiger partial charge in [0.15, 0.2) is 0 Å². The molecule has 0 saturated carbocycles. The van der Waals surface area contributed by atoms with Crippen molar-refractivity contribution in [2.24, 2.45) is 5.73 Å². The van der Waals surface area contributed by atoms with Crippen LogP contribution < -0.4 is 5.73 Å². The largest absolute Gasteiger partial charge is 0.382 e. The summed E-state index contributed by atoms with van der Waals surface area (Å²) in [6.45, 7) is 0.257. The Kier molecular flexibility index (Phi) is 3.49. The number of benzene rings is 1. The molecule has 0 amide bonds. The van der Waals surface area contributed by atoms with E-state index in [0.29, 0.717) is 17.0 Å². The fourth-order valence-electron chi connectivity index (χ4n) is 2.00. The van der Waals surface area contributed by atoms with Gasteiger partial charge in [-0.1, -0.05) is 18.2 Å². The Morgan fingerprint density at radius 2 is 2.19 bits per heavy atom. The smallest absolute Gasteiger partial charge is 0.143 e. The van der Waals surface area contributed by atoms with Crippen LogP contribution in [0.2, 0.25) is 0 Å². The molecule has 7 heteroatoms. The number of hydrogen-bond donors (Lipinski definition) is 2. The molecule has 0 aliphatic heterocycles. The van der Waals surface area contributed by atoms with Crippen LogP contribution in [0.25, 0.3) is 11.4 Å². The predicted octanol–water partition coefficient (Wildman–Crippen LogP) is 2.48. The topological polar surface area (TPSA) is 80.6 Å². The average molecular weight is 301 g/mol. The van der Waals surface area contributed by atoms with Crippen molar-refractivity contribution in [2.75, 3.05) is 0 Å². The summed E-state index contributed by atoms with van der Waals surface area (Å²) in [5.41, 5.74) is 9.52. The second-order valence-corrected chi connectivity index (χ2v) is 5.17. The molecule has 0 radical (unpaired) electrons. The number of nitrogens with two attached hydrogens (primary N) is 1. The third-order valence-corrected chi connectivity index (χ3v) is 3.62. The SMILES string of the molecule is N=C(N)c1cc(-c2cscn2)n(Cc2ccccc2F)n1. The van der Waals surface area contributed by atoms with E-state index >= 15 is 0 Å². The Morgan fingerprint density at radius 1 is 1.38 bits per heavy atom. The third-order valence-electron chi connectivity index (χ3n) is 3.03. The summed E-state index contributed by atoms with van der Waals surface area (Å²) < 4.78 is 15.4. The molecular weight excluding hydrogens is 289 g/mol. The number of halogens is 1. The minimum Gasteiger partial charge on any atom is -0.382 e. The maximum atomic E-state index is 13.8. The first-order valence-corrected chi connectivity index (χ1v) is 7.13. The van der Waals surface area contributed by atoms with Gasteiger partial charge < -0.3 is 5.73 Å². The Morgan fingerprint density at radius 3 is 2.86 bits per heavy atom. The molecule has 0 atom stereocenters. The number of nitrogens with zero attached hydrogens (tertiary/aromatic N) is 3. The van der Waals surface area contributed by atoms with E-state index in [4.69, 9.17) is 11.1 Å². The second kappa shape index (κ2) is 5.45. The number of rotatable bonds is 4. The first-order chi connectivity index (χ1) is 10.1. The normalized spacial score (nSPS) is 10.7. The molecule has 3 rings (SSSR count). The molecule has 0 spiro atoms. The first kappa shape index (κ1) is 13.4. The summed E-state index contributed by atoms with van der Waals surface area (Å²) in [5.74, 6) is -0.416. The molecule has 0 aliphatic carbocycles. The van der Waals surface area contributed by atoms with E-state index in [2.05, 4.69) is 10.1 Å². The van der Waals surface area contributed by atoms with Crippen LogP contribution in [0.5, 0.6) is 0 Å². The van der Waals surface area contributed by atoms with E-state index in [-0.39, 0.29) is 18.2 Å². The van der Waals surface area contributed by atoms with E-state index in [9.17, 15) is 4.39 Å². The highest BCUT2D eigenvalue weighted by molar-refractivity contribution is 7.07. The van der Waals surface area contributed by atoms with E-state index in [1.165, 1.54) is 17.4 Å². The van der Waals surface area contributed by atoms with Crippen molar-refractivity contribution < 1.29 is 4.39 Å². The highest BCUT2D eigenvalue weighted by Gasteiger charge is 2.14. The monoisotopic (exact) mass is 301 g/mol. The molecule has 0 fully saturated rings. The molecule has 3 aromatic rings. The summed E-state index contributed by atoms with van der Waals surface area (Å²) in [7, 11) is 0. The van der Waals surface area contributed by atoms with E-state index in [1.807, 2.05) is 5.38 Å². The van der Waals surface area contributed by atoms with Gasteiger partial charge in [-0.2, -0.15) is 5.10 Å². The van der Waals surface area contributed by atoms with Gasteiger partial charge in [0.05, 0.1) is 23.4 Å². The minimum absolute atomic E-state index is 0.126. The van der Waals surface area contributed by atoms with Crippen LogP contribution in [-0.2, 0) is 6.54 Å². The van der Waals surface area contributed by atoms with Gasteiger partial charge in [0.25, 0.3) is 0 Å². The van der Waals surface area contributed by atoms with Gasteiger partial charge in [-0.25, -0.2) is 9.37 Å². The molecule has 0 aliphatic rings. The predicted molar refractivity (Wildman–Crippen MR) is 79.9 cm³/mol. The molecule has 0 saturated heterocycles. The standard InChI is InChI=1S/C14H12FN5S/c15-10-4-2-1-3-9(10)6-20-13(12-7-21-8-18-12)5-11(19-20)14(16)17/h1-5,7-8H,6H2,(H3,16,17). The highest BCUT2D eigenvalue weighted by atomic mass is 32.1. The molecule has 3 N–H and O–H groups in total.